The van der Waals surface area contributed by atoms with Crippen molar-refractivity contribution >= 4 is 29.5 Å². The van der Waals surface area contributed by atoms with Gasteiger partial charge in [-0.25, -0.2) is 24.5 Å². The number of alkyl halides is 6. The first-order chi connectivity index (χ1) is 24.5. The number of hydrogen-bond acceptors (Lipinski definition) is 10. The average Bonchev–Trinajstić information content (AvgIpc) is 3.07. The summed E-state index contributed by atoms with van der Waals surface area (Å²) in [6.07, 6.45) is -11.0. The van der Waals surface area contributed by atoms with E-state index in [1.807, 2.05) is 0 Å². The number of carbonyl (C=O) groups is 3. The second kappa shape index (κ2) is 16.4. The molecule has 1 aliphatic heterocycles. The lowest BCUT2D eigenvalue weighted by molar-refractivity contribution is -0.143. The molecule has 3 aromatic rings. The lowest BCUT2D eigenvalue weighted by atomic mass is 9.83. The maximum atomic E-state index is 13.7. The molecule has 2 aromatic heterocycles. The van der Waals surface area contributed by atoms with Crippen LogP contribution in [-0.2, 0) is 33.0 Å². The van der Waals surface area contributed by atoms with E-state index in [1.165, 1.54) is 18.1 Å². The summed E-state index contributed by atoms with van der Waals surface area (Å²) in [5.74, 6) is -1.98. The van der Waals surface area contributed by atoms with Gasteiger partial charge in [-0.3, -0.25) is 15.0 Å². The highest BCUT2D eigenvalue weighted by Crippen LogP contribution is 2.42. The zero-order valence-corrected chi connectivity index (χ0v) is 28.2. The zero-order valence-electron chi connectivity index (χ0n) is 28.2. The SMILES string of the molecule is CCOC(=O)N1c2ccc(OC)nc2C(c2ncc(NC(=O)OCCCCC(=O)O)c(Cc3cc(C(F)(F)F)cc(C(F)(F)F)c3)n2)C(N)C1CC. The molecular weight excluding hydrogens is 706 g/mol. The number of fused-ring (bicyclic) bond motifs is 1. The summed E-state index contributed by atoms with van der Waals surface area (Å²) < 4.78 is 98.1. The molecule has 4 N–H and O–H groups in total. The third-order valence-electron chi connectivity index (χ3n) is 8.12. The second-order valence-electron chi connectivity index (χ2n) is 11.6. The van der Waals surface area contributed by atoms with Crippen LogP contribution in [0.4, 0.5) is 47.3 Å². The number of carboxylic acid groups (broad SMARTS) is 1. The monoisotopic (exact) mass is 742 g/mol. The maximum Gasteiger partial charge on any atom is 0.416 e. The number of halogens is 6. The number of nitrogens with one attached hydrogen (secondary N) is 1. The van der Waals surface area contributed by atoms with E-state index in [1.54, 1.807) is 19.9 Å². The van der Waals surface area contributed by atoms with Gasteiger partial charge in [0.1, 0.15) is 5.82 Å². The maximum absolute atomic E-state index is 13.7. The van der Waals surface area contributed by atoms with Gasteiger partial charge in [0.15, 0.2) is 0 Å². The number of ether oxygens (including phenoxy) is 3. The van der Waals surface area contributed by atoms with E-state index in [9.17, 15) is 40.7 Å². The number of carboxylic acids is 1. The number of anilines is 2. The molecule has 13 nitrogen and oxygen atoms in total. The molecule has 1 aliphatic rings. The van der Waals surface area contributed by atoms with Gasteiger partial charge in [-0.05, 0) is 56.0 Å². The Balaban J connectivity index is 1.84. The van der Waals surface area contributed by atoms with Crippen LogP contribution < -0.4 is 20.7 Å². The Morgan fingerprint density at radius 3 is 2.23 bits per heavy atom. The number of hydrogen-bond donors (Lipinski definition) is 3. The molecule has 282 valence electrons. The molecule has 0 saturated carbocycles. The molecule has 0 spiro atoms. The van der Waals surface area contributed by atoms with Crippen LogP contribution in [0.1, 0.15) is 79.4 Å². The number of benzene rings is 1. The fraction of sp³-hybridized carbons (Fsp3) is 0.455. The van der Waals surface area contributed by atoms with Crippen molar-refractivity contribution in [2.45, 2.75) is 76.3 Å². The summed E-state index contributed by atoms with van der Waals surface area (Å²) >= 11 is 0. The average molecular weight is 743 g/mol. The van der Waals surface area contributed by atoms with Gasteiger partial charge in [-0.15, -0.1) is 0 Å². The van der Waals surface area contributed by atoms with Gasteiger partial charge >= 0.3 is 30.5 Å². The number of aliphatic carboxylic acids is 1. The fourth-order valence-corrected chi connectivity index (χ4v) is 5.75. The van der Waals surface area contributed by atoms with Gasteiger partial charge in [-0.2, -0.15) is 26.3 Å². The Labute approximate surface area is 293 Å². The van der Waals surface area contributed by atoms with Crippen LogP contribution in [0.3, 0.4) is 0 Å². The molecule has 0 saturated heterocycles. The van der Waals surface area contributed by atoms with Crippen LogP contribution in [-0.4, -0.2) is 70.6 Å². The number of amides is 2. The number of nitrogens with zero attached hydrogens (tertiary/aromatic N) is 4. The van der Waals surface area contributed by atoms with Crippen molar-refractivity contribution in [1.29, 1.82) is 0 Å². The minimum absolute atomic E-state index is 0.00693. The summed E-state index contributed by atoms with van der Waals surface area (Å²) in [7, 11) is 1.36. The third-order valence-corrected chi connectivity index (χ3v) is 8.12. The van der Waals surface area contributed by atoms with Crippen LogP contribution >= 0.6 is 0 Å². The lowest BCUT2D eigenvalue weighted by Gasteiger charge is -2.43. The Kier molecular flexibility index (Phi) is 12.5. The Bertz CT molecular complexity index is 1740. The number of nitrogens with two attached hydrogens (primary N) is 1. The zero-order chi connectivity index (χ0) is 38.4. The second-order valence-corrected chi connectivity index (χ2v) is 11.6. The summed E-state index contributed by atoms with van der Waals surface area (Å²) in [5, 5.41) is 11.2. The highest BCUT2D eigenvalue weighted by Gasteiger charge is 2.45. The molecule has 3 heterocycles. The van der Waals surface area contributed by atoms with Gasteiger partial charge in [0.2, 0.25) is 5.88 Å². The molecule has 0 fully saturated rings. The quantitative estimate of drug-likeness (QED) is 0.136. The minimum Gasteiger partial charge on any atom is -0.481 e. The van der Waals surface area contributed by atoms with Gasteiger partial charge in [0.05, 0.1) is 72.4 Å². The van der Waals surface area contributed by atoms with Crippen molar-refractivity contribution in [1.82, 2.24) is 15.0 Å². The van der Waals surface area contributed by atoms with E-state index >= 15 is 0 Å². The lowest BCUT2D eigenvalue weighted by Crippen LogP contribution is -2.57. The predicted octanol–water partition coefficient (Wildman–Crippen LogP) is 6.53. The molecule has 4 rings (SSSR count). The number of pyridine rings is 1. The topological polar surface area (TPSA) is 179 Å². The summed E-state index contributed by atoms with van der Waals surface area (Å²) in [5.41, 5.74) is 3.29. The predicted molar refractivity (Wildman–Crippen MR) is 172 cm³/mol. The van der Waals surface area contributed by atoms with Crippen molar-refractivity contribution in [3.8, 4) is 5.88 Å². The molecule has 0 bridgehead atoms. The number of carbonyl (C=O) groups excluding carboxylic acids is 2. The number of rotatable bonds is 12. The van der Waals surface area contributed by atoms with E-state index in [0.29, 0.717) is 18.6 Å². The van der Waals surface area contributed by atoms with Gasteiger partial charge in [0, 0.05) is 24.9 Å². The third kappa shape index (κ3) is 9.36. The van der Waals surface area contributed by atoms with Crippen molar-refractivity contribution < 1.29 is 60.0 Å². The van der Waals surface area contributed by atoms with Gasteiger partial charge in [-0.1, -0.05) is 6.92 Å². The van der Waals surface area contributed by atoms with Gasteiger partial charge in [0.25, 0.3) is 0 Å². The van der Waals surface area contributed by atoms with Crippen LogP contribution in [0.5, 0.6) is 5.88 Å². The Hall–Kier alpha value is -5.20. The first-order valence-electron chi connectivity index (χ1n) is 16.0. The first-order valence-corrected chi connectivity index (χ1v) is 16.0. The molecule has 0 aliphatic carbocycles. The van der Waals surface area contributed by atoms with Crippen molar-refractivity contribution in [3.05, 3.63) is 70.4 Å². The molecule has 3 unspecified atom stereocenters. The van der Waals surface area contributed by atoms with E-state index in [2.05, 4.69) is 20.3 Å². The van der Waals surface area contributed by atoms with Crippen molar-refractivity contribution in [3.63, 3.8) is 0 Å². The Morgan fingerprint density at radius 1 is 0.981 bits per heavy atom. The molecule has 3 atom stereocenters. The molecule has 2 amide bonds. The minimum atomic E-state index is -5.12. The standard InChI is InChI=1S/C33H36F6N6O7/c1-4-22-27(40)26(28-23(9-10-24(44-28)50-3)45(22)31(49)51-5-2)29-41-16-21(43-30(48)52-11-7-6-8-25(46)47)20(42-29)14-17-12-18(32(34,35)36)15-19(13-17)33(37,38)39/h9-10,12-13,15-16,22,26-27H,4-8,11,14,40H2,1-3H3,(H,43,48)(H,46,47). The van der Waals surface area contributed by atoms with Crippen molar-refractivity contribution in [2.75, 3.05) is 30.5 Å². The molecule has 0 radical (unpaired) electrons. The molecule has 52 heavy (non-hydrogen) atoms. The molecule has 19 heteroatoms. The van der Waals surface area contributed by atoms with E-state index in [0.717, 1.165) is 6.20 Å². The summed E-state index contributed by atoms with van der Waals surface area (Å²) in [4.78, 5) is 51.3. The van der Waals surface area contributed by atoms with E-state index in [4.69, 9.17) is 25.1 Å². The highest BCUT2D eigenvalue weighted by molar-refractivity contribution is 5.90. The molecular formula is C33H36F6N6O7. The van der Waals surface area contributed by atoms with E-state index < -0.39 is 71.6 Å². The summed E-state index contributed by atoms with van der Waals surface area (Å²) in [6.45, 7) is 3.27. The van der Waals surface area contributed by atoms with Crippen LogP contribution in [0.2, 0.25) is 0 Å². The Morgan fingerprint density at radius 2 is 1.65 bits per heavy atom. The number of unbranched alkanes of at least 4 members (excludes halogenated alkanes) is 1. The number of aromatic nitrogens is 3. The van der Waals surface area contributed by atoms with Gasteiger partial charge < -0.3 is 25.1 Å². The van der Waals surface area contributed by atoms with Crippen molar-refractivity contribution in [2.24, 2.45) is 5.73 Å². The smallest absolute Gasteiger partial charge is 0.416 e. The first kappa shape index (κ1) is 39.6. The van der Waals surface area contributed by atoms with Crippen LogP contribution in [0.25, 0.3) is 0 Å². The largest absolute Gasteiger partial charge is 0.481 e. The van der Waals surface area contributed by atoms with Crippen LogP contribution in [0, 0.1) is 0 Å². The normalized spacial score (nSPS) is 17.3. The van der Waals surface area contributed by atoms with Crippen LogP contribution in [0.15, 0.2) is 36.5 Å². The summed E-state index contributed by atoms with van der Waals surface area (Å²) in [6, 6.07) is 2.47. The molecule has 1 aromatic carbocycles. The highest BCUT2D eigenvalue weighted by atomic mass is 19.4. The number of methoxy groups -OCH3 is 1. The fourth-order valence-electron chi connectivity index (χ4n) is 5.75. The van der Waals surface area contributed by atoms with E-state index in [-0.39, 0.29) is 73.0 Å².